The Hall–Kier alpha value is -3.39. The minimum Gasteiger partial charge on any atom is -0.479 e. The summed E-state index contributed by atoms with van der Waals surface area (Å²) in [6.07, 6.45) is 1.48. The predicted molar refractivity (Wildman–Crippen MR) is 121 cm³/mol. The second-order valence-electron chi connectivity index (χ2n) is 10.2. The molecule has 3 atom stereocenters. The van der Waals surface area contributed by atoms with Crippen LogP contribution in [-0.2, 0) is 14.3 Å². The number of nitrogens with one attached hydrogen (secondary N) is 1. The summed E-state index contributed by atoms with van der Waals surface area (Å²) >= 11 is 0. The molecular formula is C26H26N2O6. The molecule has 34 heavy (non-hydrogen) atoms. The van der Waals surface area contributed by atoms with Gasteiger partial charge in [0.15, 0.2) is 5.60 Å². The molecule has 2 amide bonds. The van der Waals surface area contributed by atoms with Gasteiger partial charge in [0, 0.05) is 12.0 Å². The molecule has 0 unspecified atom stereocenters. The van der Waals surface area contributed by atoms with Crippen molar-refractivity contribution in [2.45, 2.75) is 36.8 Å². The number of aliphatic carboxylic acids is 1. The molecule has 2 aromatic carbocycles. The quantitative estimate of drug-likeness (QED) is 0.628. The molecule has 0 spiro atoms. The Morgan fingerprint density at radius 1 is 1.00 bits per heavy atom. The zero-order valence-corrected chi connectivity index (χ0v) is 18.6. The summed E-state index contributed by atoms with van der Waals surface area (Å²) in [7, 11) is 0. The first-order valence-electron chi connectivity index (χ1n) is 11.7. The molecule has 6 rings (SSSR count). The summed E-state index contributed by atoms with van der Waals surface area (Å²) in [4.78, 5) is 38.1. The molecule has 2 aromatic rings. The molecule has 3 aliphatic carbocycles. The third kappa shape index (κ3) is 3.12. The van der Waals surface area contributed by atoms with Crippen molar-refractivity contribution >= 4 is 18.0 Å². The molecule has 2 saturated carbocycles. The van der Waals surface area contributed by atoms with Crippen LogP contribution in [0.2, 0.25) is 0 Å². The molecule has 0 aromatic heterocycles. The van der Waals surface area contributed by atoms with Crippen LogP contribution >= 0.6 is 0 Å². The van der Waals surface area contributed by atoms with E-state index in [4.69, 9.17) is 9.84 Å². The fourth-order valence-electron chi connectivity index (χ4n) is 6.25. The fraction of sp³-hybridized carbons (Fsp3) is 0.423. The van der Waals surface area contributed by atoms with Gasteiger partial charge in [0.2, 0.25) is 5.91 Å². The van der Waals surface area contributed by atoms with Gasteiger partial charge < -0.3 is 25.2 Å². The highest BCUT2D eigenvalue weighted by molar-refractivity contribution is 5.91. The van der Waals surface area contributed by atoms with Gasteiger partial charge in [0.05, 0.1) is 18.5 Å². The lowest BCUT2D eigenvalue weighted by atomic mass is 9.90. The van der Waals surface area contributed by atoms with E-state index in [9.17, 15) is 19.5 Å². The molecule has 176 valence electrons. The summed E-state index contributed by atoms with van der Waals surface area (Å²) in [6, 6.07) is 16.2. The SMILES string of the molecule is O=C(N[C@@H]1C[C@H]2C[C@@]2(C(=O)N2CC(O)(C(=O)O)C2)C1)OCC1c2ccccc2-c2ccccc21. The third-order valence-electron chi connectivity index (χ3n) is 8.09. The molecule has 1 aliphatic heterocycles. The fourth-order valence-corrected chi connectivity index (χ4v) is 6.25. The van der Waals surface area contributed by atoms with Crippen LogP contribution in [0.1, 0.15) is 36.3 Å². The Bertz CT molecular complexity index is 1160. The summed E-state index contributed by atoms with van der Waals surface area (Å²) in [6.45, 7) is -0.123. The minimum absolute atomic E-state index is 0.0116. The zero-order valence-electron chi connectivity index (χ0n) is 18.6. The Morgan fingerprint density at radius 3 is 2.24 bits per heavy atom. The number of carboxylic acids is 1. The van der Waals surface area contributed by atoms with E-state index in [0.717, 1.165) is 17.5 Å². The number of β-amino-alcohol motifs (C(OH)–C–C–N with tert-alkyl or cyclic N) is 1. The molecule has 1 heterocycles. The summed E-state index contributed by atoms with van der Waals surface area (Å²) in [5.74, 6) is -1.25. The maximum atomic E-state index is 12.9. The second-order valence-corrected chi connectivity index (χ2v) is 10.2. The molecule has 3 N–H and O–H groups in total. The van der Waals surface area contributed by atoms with Crippen molar-refractivity contribution in [2.75, 3.05) is 19.7 Å². The van der Waals surface area contributed by atoms with Gasteiger partial charge >= 0.3 is 12.1 Å². The zero-order chi connectivity index (χ0) is 23.7. The van der Waals surface area contributed by atoms with Gasteiger partial charge in [-0.1, -0.05) is 48.5 Å². The molecule has 8 nitrogen and oxygen atoms in total. The van der Waals surface area contributed by atoms with Crippen LogP contribution in [0.4, 0.5) is 4.79 Å². The normalized spacial score (nSPS) is 27.7. The topological polar surface area (TPSA) is 116 Å². The number of benzene rings is 2. The number of ether oxygens (including phenoxy) is 1. The summed E-state index contributed by atoms with van der Waals surface area (Å²) in [5.41, 5.74) is 2.27. The largest absolute Gasteiger partial charge is 0.479 e. The van der Waals surface area contributed by atoms with Crippen LogP contribution in [0.3, 0.4) is 0 Å². The monoisotopic (exact) mass is 462 g/mol. The summed E-state index contributed by atoms with van der Waals surface area (Å²) in [5, 5.41) is 21.9. The van der Waals surface area contributed by atoms with Gasteiger partial charge in [-0.05, 0) is 47.4 Å². The highest BCUT2D eigenvalue weighted by Gasteiger charge is 2.68. The van der Waals surface area contributed by atoms with E-state index in [0.29, 0.717) is 12.8 Å². The van der Waals surface area contributed by atoms with E-state index in [1.807, 2.05) is 24.3 Å². The number of hydrogen-bond donors (Lipinski definition) is 3. The lowest BCUT2D eigenvalue weighted by Gasteiger charge is -2.44. The molecule has 0 bridgehead atoms. The number of hydrogen-bond acceptors (Lipinski definition) is 5. The third-order valence-corrected chi connectivity index (χ3v) is 8.09. The average molecular weight is 463 g/mol. The molecule has 4 aliphatic rings. The molecule has 8 heteroatoms. The predicted octanol–water partition coefficient (Wildman–Crippen LogP) is 2.35. The number of fused-ring (bicyclic) bond motifs is 4. The Balaban J connectivity index is 1.05. The van der Waals surface area contributed by atoms with Crippen LogP contribution in [0.25, 0.3) is 11.1 Å². The van der Waals surface area contributed by atoms with E-state index in [1.165, 1.54) is 16.0 Å². The molecule has 1 saturated heterocycles. The van der Waals surface area contributed by atoms with E-state index in [2.05, 4.69) is 29.6 Å². The van der Waals surface area contributed by atoms with Gasteiger partial charge in [-0.25, -0.2) is 9.59 Å². The first kappa shape index (κ1) is 21.2. The van der Waals surface area contributed by atoms with Crippen LogP contribution in [-0.4, -0.2) is 64.4 Å². The standard InChI is InChI=1S/C26H26N2O6/c29-22(28-13-26(33,14-28)23(30)31)25-10-15(25)9-16(11-25)27-24(32)34-12-21-19-7-3-1-5-17(19)18-6-2-4-8-20(18)21/h1-8,15-16,21,33H,9-14H2,(H,27,32)(H,30,31)/t15-,16+,25+/m0/s1. The number of amides is 2. The number of nitrogens with zero attached hydrogens (tertiary/aromatic N) is 1. The maximum absolute atomic E-state index is 12.9. The van der Waals surface area contributed by atoms with E-state index in [1.54, 1.807) is 0 Å². The number of alkyl carbamates (subject to hydrolysis) is 1. The van der Waals surface area contributed by atoms with Gasteiger partial charge in [0.25, 0.3) is 0 Å². The summed E-state index contributed by atoms with van der Waals surface area (Å²) < 4.78 is 5.63. The van der Waals surface area contributed by atoms with Gasteiger partial charge in [-0.15, -0.1) is 0 Å². The first-order chi connectivity index (χ1) is 16.3. The van der Waals surface area contributed by atoms with Crippen LogP contribution in [0, 0.1) is 11.3 Å². The number of rotatable bonds is 5. The number of carbonyl (C=O) groups is 3. The van der Waals surface area contributed by atoms with Crippen molar-refractivity contribution in [2.24, 2.45) is 11.3 Å². The molecular weight excluding hydrogens is 436 g/mol. The lowest BCUT2D eigenvalue weighted by molar-refractivity contribution is -0.184. The van der Waals surface area contributed by atoms with Crippen molar-refractivity contribution in [1.29, 1.82) is 0 Å². The minimum atomic E-state index is -1.84. The van der Waals surface area contributed by atoms with Gasteiger partial charge in [0.1, 0.15) is 6.61 Å². The Kier molecular flexibility index (Phi) is 4.55. The van der Waals surface area contributed by atoms with Crippen LogP contribution in [0.15, 0.2) is 48.5 Å². The van der Waals surface area contributed by atoms with Gasteiger partial charge in [-0.3, -0.25) is 4.79 Å². The van der Waals surface area contributed by atoms with E-state index >= 15 is 0 Å². The highest BCUT2D eigenvalue weighted by Crippen LogP contribution is 2.64. The second kappa shape index (κ2) is 7.30. The number of carbonyl (C=O) groups excluding carboxylic acids is 2. The van der Waals surface area contributed by atoms with E-state index < -0.39 is 23.1 Å². The first-order valence-corrected chi connectivity index (χ1v) is 11.7. The van der Waals surface area contributed by atoms with E-state index in [-0.39, 0.29) is 43.5 Å². The number of carboxylic acid groups (broad SMARTS) is 1. The maximum Gasteiger partial charge on any atom is 0.407 e. The van der Waals surface area contributed by atoms with Crippen molar-refractivity contribution in [3.8, 4) is 11.1 Å². The number of aliphatic hydroxyl groups is 1. The van der Waals surface area contributed by atoms with Crippen molar-refractivity contribution < 1.29 is 29.3 Å². The van der Waals surface area contributed by atoms with Gasteiger partial charge in [-0.2, -0.15) is 0 Å². The van der Waals surface area contributed by atoms with Crippen molar-refractivity contribution in [3.05, 3.63) is 59.7 Å². The van der Waals surface area contributed by atoms with Crippen LogP contribution in [0.5, 0.6) is 0 Å². The Morgan fingerprint density at radius 2 is 1.62 bits per heavy atom. The average Bonchev–Trinajstić information content (AvgIpc) is 3.23. The molecule has 0 radical (unpaired) electrons. The highest BCUT2D eigenvalue weighted by atomic mass is 16.5. The lowest BCUT2D eigenvalue weighted by Crippen LogP contribution is -2.68. The van der Waals surface area contributed by atoms with Crippen molar-refractivity contribution in [1.82, 2.24) is 10.2 Å². The Labute approximate surface area is 196 Å². The molecule has 3 fully saturated rings. The smallest absolute Gasteiger partial charge is 0.407 e. The van der Waals surface area contributed by atoms with Crippen molar-refractivity contribution in [3.63, 3.8) is 0 Å². The van der Waals surface area contributed by atoms with Crippen LogP contribution < -0.4 is 5.32 Å². The number of likely N-dealkylation sites (tertiary alicyclic amines) is 1.